The molecule has 7 nitrogen and oxygen atoms in total. The van der Waals surface area contributed by atoms with Crippen molar-refractivity contribution in [3.05, 3.63) is 107 Å². The van der Waals surface area contributed by atoms with Crippen LogP contribution in [0.4, 0.5) is 10.1 Å². The summed E-state index contributed by atoms with van der Waals surface area (Å²) < 4.78 is 16.1. The summed E-state index contributed by atoms with van der Waals surface area (Å²) in [5.41, 5.74) is 4.19. The average Bonchev–Trinajstić information content (AvgIpc) is 3.28. The molecule has 41 heavy (non-hydrogen) atoms. The van der Waals surface area contributed by atoms with Crippen molar-refractivity contribution >= 4 is 28.8 Å². The Hall–Kier alpha value is -4.14. The Balaban J connectivity index is 1.83. The van der Waals surface area contributed by atoms with Crippen molar-refractivity contribution in [3.63, 3.8) is 0 Å². The maximum atomic E-state index is 14.1. The lowest BCUT2D eigenvalue weighted by molar-refractivity contribution is -0.560. The Morgan fingerprint density at radius 1 is 0.902 bits per heavy atom. The first kappa shape index (κ1) is 29.8. The zero-order valence-electron chi connectivity index (χ0n) is 23.2. The van der Waals surface area contributed by atoms with Crippen molar-refractivity contribution in [2.75, 3.05) is 11.9 Å². The molecule has 1 heterocycles. The van der Waals surface area contributed by atoms with Crippen LogP contribution in [0.3, 0.4) is 0 Å². The highest BCUT2D eigenvalue weighted by Gasteiger charge is 2.46. The largest absolute Gasteiger partial charge is 0.550 e. The first-order chi connectivity index (χ1) is 19.7. The van der Waals surface area contributed by atoms with E-state index in [0.29, 0.717) is 23.4 Å². The van der Waals surface area contributed by atoms with Crippen LogP contribution in [0.2, 0.25) is 0 Å². The zero-order chi connectivity index (χ0) is 29.5. The van der Waals surface area contributed by atoms with E-state index in [2.05, 4.69) is 9.89 Å². The Morgan fingerprint density at radius 2 is 1.51 bits per heavy atom. The quantitative estimate of drug-likeness (QED) is 0.295. The number of carboxylic acid groups (broad SMARTS) is 1. The van der Waals surface area contributed by atoms with Crippen LogP contribution in [0.1, 0.15) is 44.2 Å². The SMILES string of the molecule is CC(C)C1C(C(=O)Nc2ccccc2)=C(c2ccccc2)C(c2ccc(F)cc2)=[N+]1CC[C@@H](O)C[C@@H](O)CC(=O)[O-]. The molecule has 1 aliphatic rings. The van der Waals surface area contributed by atoms with Crippen molar-refractivity contribution in [1.29, 1.82) is 0 Å². The van der Waals surface area contributed by atoms with E-state index in [1.54, 1.807) is 12.1 Å². The van der Waals surface area contributed by atoms with Gasteiger partial charge in [-0.05, 0) is 48.4 Å². The summed E-state index contributed by atoms with van der Waals surface area (Å²) in [7, 11) is 0. The number of carbonyl (C=O) groups is 2. The van der Waals surface area contributed by atoms with Gasteiger partial charge in [-0.2, -0.15) is 0 Å². The maximum Gasteiger partial charge on any atom is 0.259 e. The van der Waals surface area contributed by atoms with Crippen LogP contribution in [-0.4, -0.2) is 57.2 Å². The number of hydrogen-bond donors (Lipinski definition) is 3. The lowest BCUT2D eigenvalue weighted by Gasteiger charge is -2.20. The van der Waals surface area contributed by atoms with Crippen molar-refractivity contribution in [2.45, 2.75) is 51.4 Å². The van der Waals surface area contributed by atoms with Crippen molar-refractivity contribution < 1.29 is 33.9 Å². The Kier molecular flexibility index (Phi) is 9.81. The standard InChI is InChI=1S/C33H35FN2O5/c1-21(2)31-30(33(41)35-25-11-7-4-8-12-25)29(22-9-5-3-6-10-22)32(23-13-15-24(34)16-14-23)36(31)18-17-26(37)19-27(38)20-28(39)40/h3-16,21,26-27,31,37-38H,17-20H2,1-2H3,(H-,35,39,40,41)/t26-,27-,31?/m1/s1. The highest BCUT2D eigenvalue weighted by atomic mass is 19.1. The molecule has 1 aliphatic heterocycles. The number of para-hydroxylation sites is 1. The fourth-order valence-corrected chi connectivity index (χ4v) is 5.44. The van der Waals surface area contributed by atoms with Gasteiger partial charge in [0.1, 0.15) is 12.4 Å². The third-order valence-electron chi connectivity index (χ3n) is 7.16. The van der Waals surface area contributed by atoms with E-state index >= 15 is 0 Å². The normalized spacial score (nSPS) is 16.7. The molecule has 8 heteroatoms. The zero-order valence-corrected chi connectivity index (χ0v) is 23.2. The van der Waals surface area contributed by atoms with Crippen molar-refractivity contribution in [3.8, 4) is 0 Å². The number of aliphatic carboxylic acids is 1. The fourth-order valence-electron chi connectivity index (χ4n) is 5.44. The first-order valence-electron chi connectivity index (χ1n) is 13.8. The molecule has 1 amide bonds. The summed E-state index contributed by atoms with van der Waals surface area (Å²) in [4.78, 5) is 24.9. The molecule has 214 valence electrons. The molecule has 0 radical (unpaired) electrons. The number of hydrogen-bond acceptors (Lipinski definition) is 5. The van der Waals surface area contributed by atoms with Gasteiger partial charge < -0.3 is 25.4 Å². The van der Waals surface area contributed by atoms with Gasteiger partial charge in [-0.1, -0.05) is 62.4 Å². The van der Waals surface area contributed by atoms with Crippen molar-refractivity contribution in [2.24, 2.45) is 5.92 Å². The number of amides is 1. The maximum absolute atomic E-state index is 14.1. The number of carbonyl (C=O) groups excluding carboxylic acids is 2. The molecule has 0 spiro atoms. The number of nitrogens with zero attached hydrogens (tertiary/aromatic N) is 1. The number of nitrogens with one attached hydrogen (secondary N) is 1. The average molecular weight is 559 g/mol. The number of rotatable bonds is 12. The second-order valence-electron chi connectivity index (χ2n) is 10.6. The number of halogens is 1. The number of allylic oxidation sites excluding steroid dienone is 1. The summed E-state index contributed by atoms with van der Waals surface area (Å²) in [5, 5.41) is 34.6. The molecule has 0 saturated heterocycles. The summed E-state index contributed by atoms with van der Waals surface area (Å²) in [5.74, 6) is -2.07. The highest BCUT2D eigenvalue weighted by Crippen LogP contribution is 2.37. The van der Waals surface area contributed by atoms with Crippen LogP contribution in [0.15, 0.2) is 90.5 Å². The van der Waals surface area contributed by atoms with Gasteiger partial charge in [-0.25, -0.2) is 8.97 Å². The number of benzene rings is 3. The van der Waals surface area contributed by atoms with Crippen LogP contribution in [-0.2, 0) is 9.59 Å². The Bertz CT molecular complexity index is 1420. The second-order valence-corrected chi connectivity index (χ2v) is 10.6. The summed E-state index contributed by atoms with van der Waals surface area (Å²) >= 11 is 0. The molecule has 3 atom stereocenters. The Morgan fingerprint density at radius 3 is 2.10 bits per heavy atom. The molecule has 3 N–H and O–H groups in total. The van der Waals surface area contributed by atoms with Gasteiger partial charge in [-0.3, -0.25) is 4.79 Å². The molecular formula is C33H35FN2O5. The summed E-state index contributed by atoms with van der Waals surface area (Å²) in [6.07, 6.45) is -2.71. The number of aliphatic hydroxyl groups is 2. The van der Waals surface area contributed by atoms with Gasteiger partial charge in [0.05, 0.1) is 23.4 Å². The van der Waals surface area contributed by atoms with E-state index in [0.717, 1.165) is 16.8 Å². The number of carboxylic acids is 1. The predicted octanol–water partition coefficient (Wildman–Crippen LogP) is 3.40. The number of aliphatic hydroxyl groups excluding tert-OH is 2. The van der Waals surface area contributed by atoms with Gasteiger partial charge in [0.2, 0.25) is 5.71 Å². The summed E-state index contributed by atoms with van der Waals surface area (Å²) in [6, 6.07) is 24.4. The van der Waals surface area contributed by atoms with Gasteiger partial charge in [0.25, 0.3) is 5.91 Å². The van der Waals surface area contributed by atoms with E-state index in [1.165, 1.54) is 12.1 Å². The van der Waals surface area contributed by atoms with E-state index < -0.39 is 30.6 Å². The van der Waals surface area contributed by atoms with Crippen LogP contribution < -0.4 is 10.4 Å². The highest BCUT2D eigenvalue weighted by molar-refractivity contribution is 6.35. The monoisotopic (exact) mass is 558 g/mol. The van der Waals surface area contributed by atoms with Crippen LogP contribution >= 0.6 is 0 Å². The molecule has 0 aromatic heterocycles. The third-order valence-corrected chi connectivity index (χ3v) is 7.16. The van der Waals surface area contributed by atoms with Gasteiger partial charge in [0.15, 0.2) is 6.04 Å². The Labute approximate surface area is 239 Å². The lowest BCUT2D eigenvalue weighted by atomic mass is 9.88. The van der Waals surface area contributed by atoms with Gasteiger partial charge in [0, 0.05) is 36.0 Å². The molecule has 0 saturated carbocycles. The minimum atomic E-state index is -1.39. The fraction of sp³-hybridized carbons (Fsp3) is 0.303. The third kappa shape index (κ3) is 7.34. The van der Waals surface area contributed by atoms with E-state index in [1.807, 2.05) is 74.5 Å². The smallest absolute Gasteiger partial charge is 0.259 e. The summed E-state index contributed by atoms with van der Waals surface area (Å²) in [6.45, 7) is 4.33. The first-order valence-corrected chi connectivity index (χ1v) is 13.8. The van der Waals surface area contributed by atoms with Crippen LogP contribution in [0.5, 0.6) is 0 Å². The van der Waals surface area contributed by atoms with Crippen LogP contribution in [0.25, 0.3) is 5.57 Å². The molecule has 0 aliphatic carbocycles. The number of anilines is 1. The molecule has 4 rings (SSSR count). The minimum absolute atomic E-state index is 0.0380. The van der Waals surface area contributed by atoms with Crippen LogP contribution in [0, 0.1) is 11.7 Å². The topological polar surface area (TPSA) is 113 Å². The van der Waals surface area contributed by atoms with Crippen molar-refractivity contribution in [1.82, 2.24) is 0 Å². The van der Waals surface area contributed by atoms with E-state index in [4.69, 9.17) is 0 Å². The molecule has 0 fully saturated rings. The minimum Gasteiger partial charge on any atom is -0.550 e. The molecule has 3 aromatic rings. The molecule has 1 unspecified atom stereocenters. The molecule has 3 aromatic carbocycles. The lowest BCUT2D eigenvalue weighted by Crippen LogP contribution is -2.37. The van der Waals surface area contributed by atoms with E-state index in [-0.39, 0.29) is 30.5 Å². The predicted molar refractivity (Wildman–Crippen MR) is 154 cm³/mol. The molecule has 0 bridgehead atoms. The van der Waals surface area contributed by atoms with E-state index in [9.17, 15) is 29.3 Å². The van der Waals surface area contributed by atoms with Gasteiger partial charge in [-0.15, -0.1) is 0 Å². The van der Waals surface area contributed by atoms with Gasteiger partial charge >= 0.3 is 0 Å². The second kappa shape index (κ2) is 13.5. The molecular weight excluding hydrogens is 523 g/mol.